The van der Waals surface area contributed by atoms with Gasteiger partial charge in [0, 0.05) is 6.54 Å². The number of nitrogens with one attached hydrogen (secondary N) is 1. The fourth-order valence-electron chi connectivity index (χ4n) is 1.67. The Labute approximate surface area is 107 Å². The maximum Gasteiger partial charge on any atom is 0.224 e. The lowest BCUT2D eigenvalue weighted by Crippen LogP contribution is -2.26. The summed E-state index contributed by atoms with van der Waals surface area (Å²) in [5.41, 5.74) is 0.654. The maximum atomic E-state index is 13.4. The molecule has 4 heteroatoms. The second kappa shape index (κ2) is 7.69. The van der Waals surface area contributed by atoms with Crippen LogP contribution in [-0.4, -0.2) is 19.6 Å². The number of unbranched alkanes of at least 4 members (excludes halogenated alkanes) is 2. The van der Waals surface area contributed by atoms with E-state index in [1.807, 2.05) is 0 Å². The normalized spacial score (nSPS) is 10.2. The van der Waals surface area contributed by atoms with Crippen molar-refractivity contribution in [3.8, 4) is 5.75 Å². The molecule has 1 amide bonds. The molecule has 0 unspecified atom stereocenters. The van der Waals surface area contributed by atoms with Gasteiger partial charge in [0.05, 0.1) is 13.5 Å². The van der Waals surface area contributed by atoms with E-state index in [1.54, 1.807) is 6.07 Å². The fourth-order valence-corrected chi connectivity index (χ4v) is 1.67. The molecule has 0 fully saturated rings. The van der Waals surface area contributed by atoms with Crippen LogP contribution in [0.25, 0.3) is 0 Å². The minimum absolute atomic E-state index is 0.0735. The Hall–Kier alpha value is -1.58. The van der Waals surface area contributed by atoms with Gasteiger partial charge in [0.2, 0.25) is 5.91 Å². The third-order valence-corrected chi connectivity index (χ3v) is 2.68. The first-order valence-electron chi connectivity index (χ1n) is 6.26. The molecule has 0 radical (unpaired) electrons. The summed E-state index contributed by atoms with van der Waals surface area (Å²) in [5, 5.41) is 2.82. The fraction of sp³-hybridized carbons (Fsp3) is 0.500. The number of hydrogen-bond acceptors (Lipinski definition) is 2. The lowest BCUT2D eigenvalue weighted by Gasteiger charge is -2.06. The summed E-state index contributed by atoms with van der Waals surface area (Å²) in [6, 6.07) is 4.58. The van der Waals surface area contributed by atoms with Crippen LogP contribution >= 0.6 is 0 Å². The van der Waals surface area contributed by atoms with Crippen molar-refractivity contribution in [3.05, 3.63) is 29.6 Å². The molecule has 1 aromatic rings. The van der Waals surface area contributed by atoms with E-state index in [4.69, 9.17) is 4.74 Å². The molecule has 0 bridgehead atoms. The predicted molar refractivity (Wildman–Crippen MR) is 69.2 cm³/mol. The van der Waals surface area contributed by atoms with Crippen LogP contribution in [0.4, 0.5) is 4.39 Å². The summed E-state index contributed by atoms with van der Waals surface area (Å²) < 4.78 is 18.2. The van der Waals surface area contributed by atoms with Gasteiger partial charge in [-0.05, 0) is 24.1 Å². The van der Waals surface area contributed by atoms with Crippen LogP contribution < -0.4 is 10.1 Å². The molecule has 0 saturated heterocycles. The van der Waals surface area contributed by atoms with Crippen molar-refractivity contribution in [3.63, 3.8) is 0 Å². The zero-order valence-corrected chi connectivity index (χ0v) is 11.0. The third kappa shape index (κ3) is 4.73. The van der Waals surface area contributed by atoms with Gasteiger partial charge in [-0.1, -0.05) is 25.8 Å². The van der Waals surface area contributed by atoms with Crippen LogP contribution in [-0.2, 0) is 11.2 Å². The summed E-state index contributed by atoms with van der Waals surface area (Å²) in [4.78, 5) is 11.6. The number of carbonyl (C=O) groups is 1. The molecule has 1 N–H and O–H groups in total. The van der Waals surface area contributed by atoms with Crippen molar-refractivity contribution in [1.82, 2.24) is 5.32 Å². The van der Waals surface area contributed by atoms with Crippen molar-refractivity contribution in [1.29, 1.82) is 0 Å². The maximum absolute atomic E-state index is 13.4. The van der Waals surface area contributed by atoms with Gasteiger partial charge in [-0.15, -0.1) is 0 Å². The number of rotatable bonds is 7. The van der Waals surface area contributed by atoms with E-state index < -0.39 is 5.82 Å². The molecule has 0 heterocycles. The molecule has 0 aromatic heterocycles. The van der Waals surface area contributed by atoms with Crippen molar-refractivity contribution >= 4 is 5.91 Å². The highest BCUT2D eigenvalue weighted by Gasteiger charge is 2.07. The lowest BCUT2D eigenvalue weighted by atomic mass is 10.1. The van der Waals surface area contributed by atoms with Gasteiger partial charge in [0.15, 0.2) is 11.6 Å². The Kier molecular flexibility index (Phi) is 6.19. The smallest absolute Gasteiger partial charge is 0.224 e. The van der Waals surface area contributed by atoms with Gasteiger partial charge in [0.1, 0.15) is 0 Å². The topological polar surface area (TPSA) is 38.3 Å². The zero-order chi connectivity index (χ0) is 13.4. The van der Waals surface area contributed by atoms with Crippen molar-refractivity contribution in [2.45, 2.75) is 32.6 Å². The minimum atomic E-state index is -0.436. The van der Waals surface area contributed by atoms with Gasteiger partial charge in [-0.3, -0.25) is 4.79 Å². The molecule has 1 aromatic carbocycles. The number of hydrogen-bond donors (Lipinski definition) is 1. The van der Waals surface area contributed by atoms with Gasteiger partial charge in [-0.25, -0.2) is 4.39 Å². The first-order chi connectivity index (χ1) is 8.67. The molecule has 0 aliphatic rings. The number of ether oxygens (including phenoxy) is 1. The van der Waals surface area contributed by atoms with E-state index in [2.05, 4.69) is 12.2 Å². The van der Waals surface area contributed by atoms with Crippen LogP contribution in [0.1, 0.15) is 31.7 Å². The Bertz CT molecular complexity index is 393. The van der Waals surface area contributed by atoms with E-state index >= 15 is 0 Å². The Morgan fingerprint density at radius 3 is 2.78 bits per heavy atom. The number of amides is 1. The van der Waals surface area contributed by atoms with Crippen LogP contribution in [0.5, 0.6) is 5.75 Å². The number of methoxy groups -OCH3 is 1. The molecule has 100 valence electrons. The summed E-state index contributed by atoms with van der Waals surface area (Å²) in [5.74, 6) is -0.313. The first-order valence-corrected chi connectivity index (χ1v) is 6.26. The molecule has 0 atom stereocenters. The van der Waals surface area contributed by atoms with Crippen molar-refractivity contribution in [2.75, 3.05) is 13.7 Å². The molecule has 1 rings (SSSR count). The van der Waals surface area contributed by atoms with Gasteiger partial charge in [0.25, 0.3) is 0 Å². The highest BCUT2D eigenvalue weighted by Crippen LogP contribution is 2.17. The molecule has 3 nitrogen and oxygen atoms in total. The standard InChI is InChI=1S/C14H20FNO2/c1-3-4-5-8-16-14(17)10-11-6-7-13(18-2)12(15)9-11/h6-7,9H,3-5,8,10H2,1-2H3,(H,16,17). The monoisotopic (exact) mass is 253 g/mol. The average Bonchev–Trinajstić information content (AvgIpc) is 2.35. The Morgan fingerprint density at radius 2 is 2.17 bits per heavy atom. The number of halogens is 1. The second-order valence-electron chi connectivity index (χ2n) is 4.20. The molecule has 0 saturated carbocycles. The van der Waals surface area contributed by atoms with E-state index in [0.717, 1.165) is 19.3 Å². The molecular formula is C14H20FNO2. The van der Waals surface area contributed by atoms with Crippen LogP contribution in [0.3, 0.4) is 0 Å². The number of carbonyl (C=O) groups excluding carboxylic acids is 1. The van der Waals surface area contributed by atoms with Crippen molar-refractivity contribution in [2.24, 2.45) is 0 Å². The molecule has 18 heavy (non-hydrogen) atoms. The van der Waals surface area contributed by atoms with Crippen LogP contribution in [0, 0.1) is 5.82 Å². The van der Waals surface area contributed by atoms with E-state index in [1.165, 1.54) is 19.2 Å². The zero-order valence-electron chi connectivity index (χ0n) is 11.0. The number of benzene rings is 1. The Morgan fingerprint density at radius 1 is 1.39 bits per heavy atom. The second-order valence-corrected chi connectivity index (χ2v) is 4.20. The van der Waals surface area contributed by atoms with E-state index in [0.29, 0.717) is 12.1 Å². The predicted octanol–water partition coefficient (Wildman–Crippen LogP) is 2.68. The summed E-state index contributed by atoms with van der Waals surface area (Å²) >= 11 is 0. The van der Waals surface area contributed by atoms with Crippen LogP contribution in [0.2, 0.25) is 0 Å². The third-order valence-electron chi connectivity index (χ3n) is 2.68. The van der Waals surface area contributed by atoms with E-state index in [9.17, 15) is 9.18 Å². The van der Waals surface area contributed by atoms with Gasteiger partial charge < -0.3 is 10.1 Å². The average molecular weight is 253 g/mol. The van der Waals surface area contributed by atoms with Crippen molar-refractivity contribution < 1.29 is 13.9 Å². The first kappa shape index (κ1) is 14.5. The van der Waals surface area contributed by atoms with Crippen LogP contribution in [0.15, 0.2) is 18.2 Å². The van der Waals surface area contributed by atoms with Gasteiger partial charge in [-0.2, -0.15) is 0 Å². The molecule has 0 aliphatic heterocycles. The molecule has 0 spiro atoms. The SMILES string of the molecule is CCCCCNC(=O)Cc1ccc(OC)c(F)c1. The quantitative estimate of drug-likeness (QED) is 0.759. The highest BCUT2D eigenvalue weighted by molar-refractivity contribution is 5.78. The van der Waals surface area contributed by atoms with Gasteiger partial charge >= 0.3 is 0 Å². The minimum Gasteiger partial charge on any atom is -0.494 e. The Balaban J connectivity index is 2.42. The summed E-state index contributed by atoms with van der Waals surface area (Å²) in [7, 11) is 1.42. The summed E-state index contributed by atoms with van der Waals surface area (Å²) in [6.45, 7) is 2.80. The molecular weight excluding hydrogens is 233 g/mol. The highest BCUT2D eigenvalue weighted by atomic mass is 19.1. The lowest BCUT2D eigenvalue weighted by molar-refractivity contribution is -0.120. The van der Waals surface area contributed by atoms with E-state index in [-0.39, 0.29) is 18.1 Å². The largest absolute Gasteiger partial charge is 0.494 e. The molecule has 0 aliphatic carbocycles. The summed E-state index contributed by atoms with van der Waals surface area (Å²) in [6.07, 6.45) is 3.42.